The van der Waals surface area contributed by atoms with E-state index in [1.807, 2.05) is 36.5 Å². The summed E-state index contributed by atoms with van der Waals surface area (Å²) in [4.78, 5) is 4.67. The Bertz CT molecular complexity index is 749. The summed E-state index contributed by atoms with van der Waals surface area (Å²) in [5, 5.41) is 13.0. The molecule has 0 fully saturated rings. The van der Waals surface area contributed by atoms with Gasteiger partial charge in [0.1, 0.15) is 0 Å². The molecule has 0 saturated carbocycles. The maximum atomic E-state index is 4.55. The summed E-state index contributed by atoms with van der Waals surface area (Å²) >= 11 is 0. The predicted molar refractivity (Wildman–Crippen MR) is 140 cm³/mol. The van der Waals surface area contributed by atoms with E-state index in [0.717, 1.165) is 50.4 Å². The van der Waals surface area contributed by atoms with Crippen LogP contribution in [0.2, 0.25) is 0 Å². The van der Waals surface area contributed by atoms with E-state index in [0.29, 0.717) is 0 Å². The van der Waals surface area contributed by atoms with Crippen LogP contribution >= 0.6 is 0 Å². The number of hydrogen-bond acceptors (Lipinski definition) is 6. The van der Waals surface area contributed by atoms with Gasteiger partial charge in [0.05, 0.1) is 25.5 Å². The van der Waals surface area contributed by atoms with Crippen LogP contribution in [-0.2, 0) is 0 Å². The van der Waals surface area contributed by atoms with Crippen molar-refractivity contribution in [2.45, 2.75) is 27.7 Å². The first-order valence-electron chi connectivity index (χ1n) is 11.7. The molecule has 0 atom stereocenters. The zero-order chi connectivity index (χ0) is 23.3. The van der Waals surface area contributed by atoms with E-state index in [2.05, 4.69) is 96.2 Å². The topological polar surface area (TPSA) is 37.7 Å². The molecule has 0 saturated heterocycles. The van der Waals surface area contributed by atoms with Crippen LogP contribution in [0.25, 0.3) is 0 Å². The van der Waals surface area contributed by atoms with Crippen LogP contribution in [0.1, 0.15) is 38.8 Å². The third kappa shape index (κ3) is 7.91. The van der Waals surface area contributed by atoms with Crippen LogP contribution in [-0.4, -0.2) is 75.8 Å². The number of rotatable bonds is 13. The van der Waals surface area contributed by atoms with Gasteiger partial charge in [-0.2, -0.15) is 10.2 Å². The molecule has 6 nitrogen and oxygen atoms in total. The standard InChI is InChI=1S/C26H40N6/c1-7-31(8-2)25-15-11-23(12-16-25)21-27-29(5)19-20-30(6)28-22-24-13-17-26(18-14-24)32(9-3)10-4/h11-18,21-22H,7-10,19-20H2,1-6H3. The first-order valence-corrected chi connectivity index (χ1v) is 11.7. The number of benzene rings is 2. The number of hydrazone groups is 2. The lowest BCUT2D eigenvalue weighted by Crippen LogP contribution is -2.25. The van der Waals surface area contributed by atoms with Crippen molar-refractivity contribution in [1.82, 2.24) is 10.0 Å². The zero-order valence-corrected chi connectivity index (χ0v) is 20.7. The summed E-state index contributed by atoms with van der Waals surface area (Å²) in [5.41, 5.74) is 4.71. The van der Waals surface area contributed by atoms with Gasteiger partial charge in [0.2, 0.25) is 0 Å². The van der Waals surface area contributed by atoms with Gasteiger partial charge < -0.3 is 9.80 Å². The van der Waals surface area contributed by atoms with Crippen molar-refractivity contribution in [3.63, 3.8) is 0 Å². The van der Waals surface area contributed by atoms with Crippen LogP contribution in [0, 0.1) is 0 Å². The monoisotopic (exact) mass is 436 g/mol. The molecule has 0 aliphatic heterocycles. The fourth-order valence-corrected chi connectivity index (χ4v) is 3.46. The van der Waals surface area contributed by atoms with Crippen LogP contribution < -0.4 is 9.80 Å². The lowest BCUT2D eigenvalue weighted by Gasteiger charge is -2.21. The first kappa shape index (κ1) is 25.2. The van der Waals surface area contributed by atoms with Gasteiger partial charge in [-0.1, -0.05) is 24.3 Å². The molecule has 174 valence electrons. The molecule has 32 heavy (non-hydrogen) atoms. The fourth-order valence-electron chi connectivity index (χ4n) is 3.46. The minimum absolute atomic E-state index is 0.794. The van der Waals surface area contributed by atoms with E-state index in [4.69, 9.17) is 0 Å². The number of hydrogen-bond donors (Lipinski definition) is 0. The molecule has 0 aliphatic rings. The highest BCUT2D eigenvalue weighted by molar-refractivity contribution is 5.80. The lowest BCUT2D eigenvalue weighted by atomic mass is 10.2. The minimum Gasteiger partial charge on any atom is -0.372 e. The molecule has 2 aromatic rings. The maximum absolute atomic E-state index is 4.55. The number of likely N-dealkylation sites (N-methyl/N-ethyl adjacent to an activating group) is 2. The Kier molecular flexibility index (Phi) is 10.6. The molecule has 0 spiro atoms. The van der Waals surface area contributed by atoms with Gasteiger partial charge in [-0.15, -0.1) is 0 Å². The van der Waals surface area contributed by atoms with Crippen molar-refractivity contribution >= 4 is 23.8 Å². The predicted octanol–water partition coefficient (Wildman–Crippen LogP) is 4.61. The summed E-state index contributed by atoms with van der Waals surface area (Å²) in [7, 11) is 3.98. The largest absolute Gasteiger partial charge is 0.372 e. The van der Waals surface area contributed by atoms with Crippen molar-refractivity contribution in [2.24, 2.45) is 10.2 Å². The molecule has 0 unspecified atom stereocenters. The van der Waals surface area contributed by atoms with Gasteiger partial charge in [0.25, 0.3) is 0 Å². The van der Waals surface area contributed by atoms with E-state index in [1.54, 1.807) is 0 Å². The highest BCUT2D eigenvalue weighted by Gasteiger charge is 2.02. The molecule has 0 radical (unpaired) electrons. The molecule has 2 rings (SSSR count). The van der Waals surface area contributed by atoms with Crippen molar-refractivity contribution in [3.8, 4) is 0 Å². The van der Waals surface area contributed by atoms with Crippen LogP contribution in [0.4, 0.5) is 11.4 Å². The summed E-state index contributed by atoms with van der Waals surface area (Å²) in [6.45, 7) is 14.4. The number of anilines is 2. The molecule has 6 heteroatoms. The van der Waals surface area contributed by atoms with E-state index >= 15 is 0 Å². The van der Waals surface area contributed by atoms with E-state index in [9.17, 15) is 0 Å². The highest BCUT2D eigenvalue weighted by atomic mass is 15.5. The Morgan fingerprint density at radius 2 is 0.875 bits per heavy atom. The lowest BCUT2D eigenvalue weighted by molar-refractivity contribution is 0.272. The maximum Gasteiger partial charge on any atom is 0.0549 e. The SMILES string of the molecule is CCN(CC)c1ccc(C=NN(C)CCN(C)N=Cc2ccc(N(CC)CC)cc2)cc1. The Labute approximate surface area is 194 Å². The Balaban J connectivity index is 1.80. The Morgan fingerprint density at radius 3 is 1.16 bits per heavy atom. The van der Waals surface area contributed by atoms with Crippen molar-refractivity contribution in [3.05, 3.63) is 59.7 Å². The van der Waals surface area contributed by atoms with Crippen LogP contribution in [0.15, 0.2) is 58.7 Å². The average Bonchev–Trinajstić information content (AvgIpc) is 2.83. The van der Waals surface area contributed by atoms with E-state index in [1.165, 1.54) is 11.4 Å². The van der Waals surface area contributed by atoms with Crippen LogP contribution in [0.3, 0.4) is 0 Å². The second-order valence-electron chi connectivity index (χ2n) is 7.78. The van der Waals surface area contributed by atoms with Gasteiger partial charge in [-0.25, -0.2) is 0 Å². The molecular formula is C26H40N6. The van der Waals surface area contributed by atoms with Crippen molar-refractivity contribution in [1.29, 1.82) is 0 Å². The summed E-state index contributed by atoms with van der Waals surface area (Å²) in [6, 6.07) is 17.1. The summed E-state index contributed by atoms with van der Waals surface area (Å²) < 4.78 is 0. The van der Waals surface area contributed by atoms with Crippen molar-refractivity contribution in [2.75, 3.05) is 63.2 Å². The third-order valence-corrected chi connectivity index (χ3v) is 5.60. The fraction of sp³-hybridized carbons (Fsp3) is 0.462. The quantitative estimate of drug-likeness (QED) is 0.339. The molecule has 0 N–H and O–H groups in total. The molecule has 0 amide bonds. The Hall–Kier alpha value is -3.02. The molecule has 0 bridgehead atoms. The summed E-state index contributed by atoms with van der Waals surface area (Å²) in [5.74, 6) is 0. The van der Waals surface area contributed by atoms with E-state index in [-0.39, 0.29) is 0 Å². The Morgan fingerprint density at radius 1 is 0.562 bits per heavy atom. The van der Waals surface area contributed by atoms with E-state index < -0.39 is 0 Å². The number of nitrogens with zero attached hydrogens (tertiary/aromatic N) is 6. The third-order valence-electron chi connectivity index (χ3n) is 5.60. The minimum atomic E-state index is 0.794. The molecule has 0 aliphatic carbocycles. The van der Waals surface area contributed by atoms with Gasteiger partial charge >= 0.3 is 0 Å². The molecule has 0 heterocycles. The molecule has 2 aromatic carbocycles. The summed E-state index contributed by atoms with van der Waals surface area (Å²) in [6.07, 6.45) is 3.82. The average molecular weight is 437 g/mol. The van der Waals surface area contributed by atoms with Gasteiger partial charge in [-0.05, 0) is 63.1 Å². The van der Waals surface area contributed by atoms with Crippen LogP contribution in [0.5, 0.6) is 0 Å². The highest BCUT2D eigenvalue weighted by Crippen LogP contribution is 2.15. The van der Waals surface area contributed by atoms with Gasteiger partial charge in [0.15, 0.2) is 0 Å². The van der Waals surface area contributed by atoms with Gasteiger partial charge in [0, 0.05) is 51.6 Å². The second kappa shape index (κ2) is 13.4. The molecular weight excluding hydrogens is 396 g/mol. The van der Waals surface area contributed by atoms with Crippen molar-refractivity contribution < 1.29 is 0 Å². The smallest absolute Gasteiger partial charge is 0.0549 e. The van der Waals surface area contributed by atoms with Gasteiger partial charge in [-0.3, -0.25) is 10.0 Å². The zero-order valence-electron chi connectivity index (χ0n) is 20.7. The normalized spacial score (nSPS) is 11.3. The molecule has 0 aromatic heterocycles. The second-order valence-corrected chi connectivity index (χ2v) is 7.78. The first-order chi connectivity index (χ1) is 15.5.